The van der Waals surface area contributed by atoms with E-state index in [-0.39, 0.29) is 6.10 Å². The van der Waals surface area contributed by atoms with Gasteiger partial charge in [-0.3, -0.25) is 0 Å². The number of rotatable bonds is 9. The van der Waals surface area contributed by atoms with Crippen molar-refractivity contribution in [3.05, 3.63) is 54.1 Å². The molecule has 2 rings (SSSR count). The molecule has 2 N–H and O–H groups in total. The molecule has 2 aromatic rings. The van der Waals surface area contributed by atoms with Gasteiger partial charge in [0, 0.05) is 6.54 Å². The fourth-order valence-corrected chi connectivity index (χ4v) is 2.77. The van der Waals surface area contributed by atoms with Crippen molar-refractivity contribution >= 4 is 23.0 Å². The third kappa shape index (κ3) is 6.92. The molecule has 0 radical (unpaired) electrons. The van der Waals surface area contributed by atoms with Crippen LogP contribution in [0.4, 0.5) is 5.69 Å². The van der Waals surface area contributed by atoms with Gasteiger partial charge in [0.1, 0.15) is 11.5 Å². The van der Waals surface area contributed by atoms with Crippen LogP contribution in [0.25, 0.3) is 0 Å². The SMILES string of the molecule is CCOc1ccccc1NC(=S)NCCCc1cccc(OC(C)C)c1. The van der Waals surface area contributed by atoms with Crippen LogP contribution in [0.3, 0.4) is 0 Å². The zero-order valence-corrected chi connectivity index (χ0v) is 16.6. The highest BCUT2D eigenvalue weighted by Gasteiger charge is 2.04. The summed E-state index contributed by atoms with van der Waals surface area (Å²) in [5.74, 6) is 1.73. The Balaban J connectivity index is 1.75. The van der Waals surface area contributed by atoms with Gasteiger partial charge in [0.05, 0.1) is 18.4 Å². The third-order valence-corrected chi connectivity index (χ3v) is 3.88. The Hall–Kier alpha value is -2.27. The van der Waals surface area contributed by atoms with Gasteiger partial charge >= 0.3 is 0 Å². The molecule has 0 amide bonds. The van der Waals surface area contributed by atoms with E-state index in [1.807, 2.05) is 57.2 Å². The normalized spacial score (nSPS) is 10.5. The lowest BCUT2D eigenvalue weighted by Gasteiger charge is -2.14. The number of benzene rings is 2. The molecule has 0 aliphatic heterocycles. The van der Waals surface area contributed by atoms with Crippen LogP contribution in [0, 0.1) is 0 Å². The van der Waals surface area contributed by atoms with Gasteiger partial charge in [-0.2, -0.15) is 0 Å². The molecule has 0 saturated carbocycles. The first-order chi connectivity index (χ1) is 12.6. The molecule has 5 heteroatoms. The van der Waals surface area contributed by atoms with Crippen LogP contribution in [-0.4, -0.2) is 24.4 Å². The lowest BCUT2D eigenvalue weighted by molar-refractivity contribution is 0.242. The summed E-state index contributed by atoms with van der Waals surface area (Å²) in [6.07, 6.45) is 2.15. The number of hydrogen-bond donors (Lipinski definition) is 2. The largest absolute Gasteiger partial charge is 0.492 e. The van der Waals surface area contributed by atoms with E-state index in [4.69, 9.17) is 21.7 Å². The monoisotopic (exact) mass is 372 g/mol. The molecule has 0 atom stereocenters. The molecule has 0 spiro atoms. The molecule has 0 aliphatic carbocycles. The summed E-state index contributed by atoms with van der Waals surface area (Å²) in [4.78, 5) is 0. The van der Waals surface area contributed by atoms with Crippen LogP contribution < -0.4 is 20.1 Å². The summed E-state index contributed by atoms with van der Waals surface area (Å²) < 4.78 is 11.3. The second-order valence-corrected chi connectivity index (χ2v) is 6.64. The Kier molecular flexibility index (Phi) is 8.22. The van der Waals surface area contributed by atoms with Crippen molar-refractivity contribution in [3.8, 4) is 11.5 Å². The fourth-order valence-electron chi connectivity index (χ4n) is 2.56. The lowest BCUT2D eigenvalue weighted by atomic mass is 10.1. The molecule has 0 aromatic heterocycles. The predicted octanol–water partition coefficient (Wildman–Crippen LogP) is 4.79. The molecule has 0 aliphatic rings. The summed E-state index contributed by atoms with van der Waals surface area (Å²) >= 11 is 5.38. The highest BCUT2D eigenvalue weighted by molar-refractivity contribution is 7.80. The summed E-state index contributed by atoms with van der Waals surface area (Å²) in [6, 6.07) is 16.1. The maximum absolute atomic E-state index is 5.74. The molecule has 0 unspecified atom stereocenters. The minimum Gasteiger partial charge on any atom is -0.492 e. The van der Waals surface area contributed by atoms with E-state index in [1.54, 1.807) is 0 Å². The number of thiocarbonyl (C=S) groups is 1. The number of aryl methyl sites for hydroxylation is 1. The maximum atomic E-state index is 5.74. The second kappa shape index (κ2) is 10.7. The summed E-state index contributed by atoms with van der Waals surface area (Å²) in [7, 11) is 0. The molecule has 26 heavy (non-hydrogen) atoms. The first-order valence-corrected chi connectivity index (χ1v) is 9.51. The number of ether oxygens (including phenoxy) is 2. The van der Waals surface area contributed by atoms with Crippen molar-refractivity contribution in [1.29, 1.82) is 0 Å². The smallest absolute Gasteiger partial charge is 0.170 e. The molecule has 0 bridgehead atoms. The third-order valence-electron chi connectivity index (χ3n) is 3.63. The predicted molar refractivity (Wildman–Crippen MR) is 112 cm³/mol. The van der Waals surface area contributed by atoms with Crippen molar-refractivity contribution in [2.45, 2.75) is 39.7 Å². The van der Waals surface area contributed by atoms with Crippen molar-refractivity contribution in [2.75, 3.05) is 18.5 Å². The first kappa shape index (κ1) is 20.0. The summed E-state index contributed by atoms with van der Waals surface area (Å²) in [6.45, 7) is 7.47. The topological polar surface area (TPSA) is 42.5 Å². The van der Waals surface area contributed by atoms with Crippen LogP contribution in [0.5, 0.6) is 11.5 Å². The van der Waals surface area contributed by atoms with Gasteiger partial charge in [-0.05, 0) is 75.7 Å². The number of nitrogens with one attached hydrogen (secondary N) is 2. The molecule has 0 heterocycles. The van der Waals surface area contributed by atoms with Crippen LogP contribution in [0.15, 0.2) is 48.5 Å². The average molecular weight is 373 g/mol. The van der Waals surface area contributed by atoms with E-state index in [2.05, 4.69) is 22.8 Å². The van der Waals surface area contributed by atoms with Crippen molar-refractivity contribution in [3.63, 3.8) is 0 Å². The van der Waals surface area contributed by atoms with Gasteiger partial charge < -0.3 is 20.1 Å². The first-order valence-electron chi connectivity index (χ1n) is 9.10. The van der Waals surface area contributed by atoms with Crippen LogP contribution in [0.1, 0.15) is 32.8 Å². The quantitative estimate of drug-likeness (QED) is 0.489. The van der Waals surface area contributed by atoms with E-state index in [9.17, 15) is 0 Å². The van der Waals surface area contributed by atoms with Gasteiger partial charge in [0.2, 0.25) is 0 Å². The number of para-hydroxylation sites is 2. The molecular formula is C21H28N2O2S. The minimum atomic E-state index is 0.190. The second-order valence-electron chi connectivity index (χ2n) is 6.23. The van der Waals surface area contributed by atoms with Gasteiger partial charge in [0.25, 0.3) is 0 Å². The summed E-state index contributed by atoms with van der Waals surface area (Å²) in [5, 5.41) is 7.06. The van der Waals surface area contributed by atoms with E-state index in [0.717, 1.165) is 36.6 Å². The lowest BCUT2D eigenvalue weighted by Crippen LogP contribution is -2.29. The Morgan fingerprint density at radius 3 is 2.69 bits per heavy atom. The summed E-state index contributed by atoms with van der Waals surface area (Å²) in [5.41, 5.74) is 2.15. The van der Waals surface area contributed by atoms with E-state index in [0.29, 0.717) is 11.7 Å². The van der Waals surface area contributed by atoms with Crippen LogP contribution in [-0.2, 0) is 6.42 Å². The van der Waals surface area contributed by atoms with E-state index >= 15 is 0 Å². The number of hydrogen-bond acceptors (Lipinski definition) is 3. The zero-order valence-electron chi connectivity index (χ0n) is 15.7. The van der Waals surface area contributed by atoms with Crippen LogP contribution in [0.2, 0.25) is 0 Å². The highest BCUT2D eigenvalue weighted by Crippen LogP contribution is 2.23. The standard InChI is InChI=1S/C21H28N2O2S/c1-4-24-20-13-6-5-12-19(20)23-21(26)22-14-8-10-17-9-7-11-18(15-17)25-16(2)3/h5-7,9,11-13,15-16H,4,8,10,14H2,1-3H3,(H2,22,23,26). The Morgan fingerprint density at radius 2 is 1.92 bits per heavy atom. The van der Waals surface area contributed by atoms with Gasteiger partial charge in [-0.1, -0.05) is 24.3 Å². The highest BCUT2D eigenvalue weighted by atomic mass is 32.1. The maximum Gasteiger partial charge on any atom is 0.170 e. The van der Waals surface area contributed by atoms with Crippen LogP contribution >= 0.6 is 12.2 Å². The average Bonchev–Trinajstić information content (AvgIpc) is 2.60. The van der Waals surface area contributed by atoms with E-state index < -0.39 is 0 Å². The van der Waals surface area contributed by atoms with E-state index in [1.165, 1.54) is 5.56 Å². The molecular weight excluding hydrogens is 344 g/mol. The van der Waals surface area contributed by atoms with Crippen molar-refractivity contribution in [1.82, 2.24) is 5.32 Å². The van der Waals surface area contributed by atoms with Gasteiger partial charge in [-0.25, -0.2) is 0 Å². The Bertz CT molecular complexity index is 704. The molecule has 2 aromatic carbocycles. The Morgan fingerprint density at radius 1 is 1.12 bits per heavy atom. The molecule has 0 saturated heterocycles. The van der Waals surface area contributed by atoms with Crippen molar-refractivity contribution < 1.29 is 9.47 Å². The number of anilines is 1. The molecule has 140 valence electrons. The van der Waals surface area contributed by atoms with Crippen molar-refractivity contribution in [2.24, 2.45) is 0 Å². The minimum absolute atomic E-state index is 0.190. The van der Waals surface area contributed by atoms with Gasteiger partial charge in [-0.15, -0.1) is 0 Å². The molecule has 0 fully saturated rings. The fraction of sp³-hybridized carbons (Fsp3) is 0.381. The molecule has 4 nitrogen and oxygen atoms in total. The van der Waals surface area contributed by atoms with Gasteiger partial charge in [0.15, 0.2) is 5.11 Å². The Labute approximate surface area is 161 Å². The zero-order chi connectivity index (χ0) is 18.8.